The minimum Gasteiger partial charge on any atom is -0.467 e. The summed E-state index contributed by atoms with van der Waals surface area (Å²) in [4.78, 5) is 19.7. The van der Waals surface area contributed by atoms with E-state index in [1.165, 1.54) is 12.4 Å². The summed E-state index contributed by atoms with van der Waals surface area (Å²) in [5.41, 5.74) is 0. The number of halogens is 1. The first kappa shape index (κ1) is 13.4. The highest BCUT2D eigenvalue weighted by atomic mass is 35.5. The van der Waals surface area contributed by atoms with Gasteiger partial charge in [-0.15, -0.1) is 0 Å². The normalized spacial score (nSPS) is 11.9. The zero-order chi connectivity index (χ0) is 13.7. The molecule has 0 spiro atoms. The summed E-state index contributed by atoms with van der Waals surface area (Å²) in [7, 11) is 0. The number of carbonyl (C=O) groups is 1. The van der Waals surface area contributed by atoms with Crippen molar-refractivity contribution in [1.82, 2.24) is 15.3 Å². The standard InChI is InChI=1S/C12H13ClN4O2/c1-8(16-11-7-14-6-10(13)17-11)12(18)15-5-9-3-2-4-19-9/h2-4,6-8H,5H2,1H3,(H,15,18)(H,16,17). The highest BCUT2D eigenvalue weighted by molar-refractivity contribution is 6.29. The van der Waals surface area contributed by atoms with Gasteiger partial charge in [0.25, 0.3) is 0 Å². The third kappa shape index (κ3) is 3.96. The van der Waals surface area contributed by atoms with Crippen LogP contribution in [0.5, 0.6) is 0 Å². The predicted molar refractivity (Wildman–Crippen MR) is 70.7 cm³/mol. The van der Waals surface area contributed by atoms with Gasteiger partial charge in [0.2, 0.25) is 5.91 Å². The Labute approximate surface area is 115 Å². The van der Waals surface area contributed by atoms with E-state index in [4.69, 9.17) is 16.0 Å². The molecule has 2 rings (SSSR count). The highest BCUT2D eigenvalue weighted by Crippen LogP contribution is 2.08. The summed E-state index contributed by atoms with van der Waals surface area (Å²) in [6.07, 6.45) is 4.49. The number of nitrogens with one attached hydrogen (secondary N) is 2. The molecule has 100 valence electrons. The molecule has 0 aliphatic rings. The summed E-state index contributed by atoms with van der Waals surface area (Å²) < 4.78 is 5.12. The molecule has 7 heteroatoms. The van der Waals surface area contributed by atoms with Crippen LogP contribution in [0, 0.1) is 0 Å². The van der Waals surface area contributed by atoms with Gasteiger partial charge in [-0.25, -0.2) is 4.98 Å². The summed E-state index contributed by atoms with van der Waals surface area (Å²) in [6.45, 7) is 2.07. The smallest absolute Gasteiger partial charge is 0.242 e. The van der Waals surface area contributed by atoms with Crippen molar-refractivity contribution in [3.8, 4) is 0 Å². The molecule has 2 N–H and O–H groups in total. The van der Waals surface area contributed by atoms with E-state index in [1.807, 2.05) is 0 Å². The number of aromatic nitrogens is 2. The maximum absolute atomic E-state index is 11.8. The van der Waals surface area contributed by atoms with Gasteiger partial charge < -0.3 is 15.1 Å². The van der Waals surface area contributed by atoms with Crippen LogP contribution < -0.4 is 10.6 Å². The van der Waals surface area contributed by atoms with Crippen molar-refractivity contribution in [2.45, 2.75) is 19.5 Å². The summed E-state index contributed by atoms with van der Waals surface area (Å²) in [6, 6.07) is 3.11. The van der Waals surface area contributed by atoms with Crippen LogP contribution in [0.15, 0.2) is 35.2 Å². The molecule has 0 saturated heterocycles. The van der Waals surface area contributed by atoms with E-state index in [9.17, 15) is 4.79 Å². The number of hydrogen-bond acceptors (Lipinski definition) is 5. The maximum Gasteiger partial charge on any atom is 0.242 e. The van der Waals surface area contributed by atoms with Crippen molar-refractivity contribution in [3.63, 3.8) is 0 Å². The van der Waals surface area contributed by atoms with Gasteiger partial charge in [0.05, 0.1) is 25.2 Å². The maximum atomic E-state index is 11.8. The Balaban J connectivity index is 1.85. The fourth-order valence-corrected chi connectivity index (χ4v) is 1.59. The van der Waals surface area contributed by atoms with Crippen molar-refractivity contribution in [2.24, 2.45) is 0 Å². The van der Waals surface area contributed by atoms with Crippen molar-refractivity contribution in [3.05, 3.63) is 41.7 Å². The van der Waals surface area contributed by atoms with E-state index >= 15 is 0 Å². The lowest BCUT2D eigenvalue weighted by Gasteiger charge is -2.13. The van der Waals surface area contributed by atoms with Crippen LogP contribution in [-0.2, 0) is 11.3 Å². The van der Waals surface area contributed by atoms with Crippen molar-refractivity contribution in [2.75, 3.05) is 5.32 Å². The van der Waals surface area contributed by atoms with E-state index in [0.717, 1.165) is 0 Å². The van der Waals surface area contributed by atoms with Gasteiger partial charge in [-0.1, -0.05) is 11.6 Å². The highest BCUT2D eigenvalue weighted by Gasteiger charge is 2.13. The third-order valence-corrected chi connectivity index (χ3v) is 2.56. The molecule has 0 aliphatic carbocycles. The SMILES string of the molecule is CC(Nc1cncc(Cl)n1)C(=O)NCc1ccco1. The zero-order valence-electron chi connectivity index (χ0n) is 10.3. The number of carbonyl (C=O) groups excluding carboxylic acids is 1. The van der Waals surface area contributed by atoms with E-state index < -0.39 is 6.04 Å². The molecule has 0 fully saturated rings. The number of nitrogens with zero attached hydrogens (tertiary/aromatic N) is 2. The molecule has 0 saturated carbocycles. The first-order valence-electron chi connectivity index (χ1n) is 5.69. The van der Waals surface area contributed by atoms with E-state index in [1.54, 1.807) is 25.3 Å². The Hall–Kier alpha value is -2.08. The minimum absolute atomic E-state index is 0.168. The average molecular weight is 281 g/mol. The number of hydrogen-bond donors (Lipinski definition) is 2. The van der Waals surface area contributed by atoms with E-state index in [2.05, 4.69) is 20.6 Å². The zero-order valence-corrected chi connectivity index (χ0v) is 11.0. The number of furan rings is 1. The largest absolute Gasteiger partial charge is 0.467 e. The lowest BCUT2D eigenvalue weighted by atomic mass is 10.3. The molecule has 1 atom stereocenters. The molecule has 0 bridgehead atoms. The Bertz CT molecular complexity index is 544. The van der Waals surface area contributed by atoms with Crippen LogP contribution in [0.3, 0.4) is 0 Å². The molecule has 19 heavy (non-hydrogen) atoms. The third-order valence-electron chi connectivity index (χ3n) is 2.38. The molecule has 0 radical (unpaired) electrons. The second kappa shape index (κ2) is 6.19. The predicted octanol–water partition coefficient (Wildman–Crippen LogP) is 1.84. The molecule has 2 aromatic rings. The van der Waals surface area contributed by atoms with Crippen molar-refractivity contribution >= 4 is 23.3 Å². The van der Waals surface area contributed by atoms with Crippen LogP contribution >= 0.6 is 11.6 Å². The monoisotopic (exact) mass is 280 g/mol. The topological polar surface area (TPSA) is 80.0 Å². The molecule has 1 unspecified atom stereocenters. The van der Waals surface area contributed by atoms with Gasteiger partial charge in [0.15, 0.2) is 0 Å². The summed E-state index contributed by atoms with van der Waals surface area (Å²) in [5, 5.41) is 5.93. The molecule has 2 aromatic heterocycles. The van der Waals surface area contributed by atoms with Crippen LogP contribution in [0.1, 0.15) is 12.7 Å². The van der Waals surface area contributed by atoms with Crippen molar-refractivity contribution in [1.29, 1.82) is 0 Å². The fraction of sp³-hybridized carbons (Fsp3) is 0.250. The Kier molecular flexibility index (Phi) is 4.35. The Morgan fingerprint density at radius 3 is 3.05 bits per heavy atom. The van der Waals surface area contributed by atoms with Crippen LogP contribution in [0.2, 0.25) is 5.15 Å². The average Bonchev–Trinajstić information content (AvgIpc) is 2.89. The van der Waals surface area contributed by atoms with Crippen LogP contribution in [0.25, 0.3) is 0 Å². The van der Waals surface area contributed by atoms with Crippen LogP contribution in [0.4, 0.5) is 5.82 Å². The first-order chi connectivity index (χ1) is 9.15. The molecule has 0 aromatic carbocycles. The molecule has 2 heterocycles. The summed E-state index contributed by atoms with van der Waals surface area (Å²) in [5.74, 6) is 0.981. The summed E-state index contributed by atoms with van der Waals surface area (Å²) >= 11 is 5.71. The van der Waals surface area contributed by atoms with E-state index in [0.29, 0.717) is 18.1 Å². The first-order valence-corrected chi connectivity index (χ1v) is 6.07. The van der Waals surface area contributed by atoms with Gasteiger partial charge >= 0.3 is 0 Å². The van der Waals surface area contributed by atoms with Gasteiger partial charge in [-0.2, -0.15) is 0 Å². The molecule has 1 amide bonds. The van der Waals surface area contributed by atoms with E-state index in [-0.39, 0.29) is 11.1 Å². The Morgan fingerprint density at radius 1 is 1.53 bits per heavy atom. The quantitative estimate of drug-likeness (QED) is 0.873. The number of amides is 1. The minimum atomic E-state index is -0.456. The second-order valence-corrected chi connectivity index (χ2v) is 4.28. The fourth-order valence-electron chi connectivity index (χ4n) is 1.44. The van der Waals surface area contributed by atoms with Crippen molar-refractivity contribution < 1.29 is 9.21 Å². The van der Waals surface area contributed by atoms with Gasteiger partial charge in [0, 0.05) is 0 Å². The number of anilines is 1. The molecule has 6 nitrogen and oxygen atoms in total. The Morgan fingerprint density at radius 2 is 2.37 bits per heavy atom. The van der Waals surface area contributed by atoms with Gasteiger partial charge in [0.1, 0.15) is 22.8 Å². The van der Waals surface area contributed by atoms with Gasteiger partial charge in [-0.3, -0.25) is 9.78 Å². The molecule has 0 aliphatic heterocycles. The second-order valence-electron chi connectivity index (χ2n) is 3.89. The van der Waals surface area contributed by atoms with Crippen LogP contribution in [-0.4, -0.2) is 21.9 Å². The molecular formula is C12H13ClN4O2. The molecular weight excluding hydrogens is 268 g/mol. The lowest BCUT2D eigenvalue weighted by Crippen LogP contribution is -2.37. The van der Waals surface area contributed by atoms with Gasteiger partial charge in [-0.05, 0) is 19.1 Å². The number of rotatable bonds is 5. The lowest BCUT2D eigenvalue weighted by molar-refractivity contribution is -0.121.